The van der Waals surface area contributed by atoms with Crippen molar-refractivity contribution in [3.8, 4) is 0 Å². The van der Waals surface area contributed by atoms with Crippen LogP contribution in [-0.2, 0) is 9.53 Å². The number of rotatable bonds is 3. The number of hydrogen-bond donors (Lipinski definition) is 1. The van der Waals surface area contributed by atoms with Gasteiger partial charge in [-0.1, -0.05) is 0 Å². The van der Waals surface area contributed by atoms with Crippen molar-refractivity contribution in [2.24, 2.45) is 0 Å². The van der Waals surface area contributed by atoms with Crippen LogP contribution in [0.25, 0.3) is 0 Å². The van der Waals surface area contributed by atoms with Gasteiger partial charge in [-0.2, -0.15) is 5.06 Å². The highest BCUT2D eigenvalue weighted by Gasteiger charge is 2.06. The number of carbonyl (C=O) groups is 1. The monoisotopic (exact) mass is 147 g/mol. The van der Waals surface area contributed by atoms with E-state index in [9.17, 15) is 4.79 Å². The van der Waals surface area contributed by atoms with Crippen LogP contribution in [0.1, 0.15) is 13.8 Å². The smallest absolute Gasteiger partial charge is 0.322 e. The Labute approximate surface area is 60.3 Å². The largest absolute Gasteiger partial charge is 0.462 e. The van der Waals surface area contributed by atoms with Crippen LogP contribution >= 0.6 is 0 Å². The van der Waals surface area contributed by atoms with E-state index < -0.39 is 5.97 Å². The number of ether oxygens (including phenoxy) is 1. The quantitative estimate of drug-likeness (QED) is 0.459. The average Bonchev–Trinajstić information content (AvgIpc) is 1.58. The number of esters is 1. The van der Waals surface area contributed by atoms with Crippen LogP contribution in [0.5, 0.6) is 0 Å². The van der Waals surface area contributed by atoms with Gasteiger partial charge < -0.3 is 9.94 Å². The molecule has 0 atom stereocenters. The van der Waals surface area contributed by atoms with E-state index in [-0.39, 0.29) is 12.6 Å². The predicted molar refractivity (Wildman–Crippen MR) is 35.6 cm³/mol. The van der Waals surface area contributed by atoms with Crippen molar-refractivity contribution >= 4 is 5.97 Å². The first-order valence-corrected chi connectivity index (χ1v) is 3.12. The third kappa shape index (κ3) is 5.53. The molecule has 4 heteroatoms. The minimum Gasteiger partial charge on any atom is -0.462 e. The van der Waals surface area contributed by atoms with E-state index in [4.69, 9.17) is 9.94 Å². The van der Waals surface area contributed by atoms with Gasteiger partial charge in [0, 0.05) is 7.05 Å². The molecule has 0 rings (SSSR count). The lowest BCUT2D eigenvalue weighted by atomic mass is 10.5. The van der Waals surface area contributed by atoms with Gasteiger partial charge in [-0.3, -0.25) is 4.79 Å². The van der Waals surface area contributed by atoms with E-state index in [1.54, 1.807) is 13.8 Å². The fraction of sp³-hybridized carbons (Fsp3) is 0.833. The van der Waals surface area contributed by atoms with Crippen molar-refractivity contribution in [3.05, 3.63) is 0 Å². The zero-order valence-corrected chi connectivity index (χ0v) is 6.50. The van der Waals surface area contributed by atoms with E-state index in [0.717, 1.165) is 5.06 Å². The molecular weight excluding hydrogens is 134 g/mol. The Morgan fingerprint density at radius 1 is 1.70 bits per heavy atom. The summed E-state index contributed by atoms with van der Waals surface area (Å²) in [7, 11) is 1.39. The zero-order valence-electron chi connectivity index (χ0n) is 6.50. The third-order valence-corrected chi connectivity index (χ3v) is 0.725. The highest BCUT2D eigenvalue weighted by molar-refractivity contribution is 5.71. The molecule has 4 nitrogen and oxygen atoms in total. The second-order valence-electron chi connectivity index (χ2n) is 2.35. The van der Waals surface area contributed by atoms with E-state index >= 15 is 0 Å². The molecule has 0 heterocycles. The Kier molecular flexibility index (Phi) is 3.99. The van der Waals surface area contributed by atoms with Crippen LogP contribution in [0, 0.1) is 0 Å². The summed E-state index contributed by atoms with van der Waals surface area (Å²) in [6.45, 7) is 3.43. The first kappa shape index (κ1) is 9.39. The first-order valence-electron chi connectivity index (χ1n) is 3.12. The summed E-state index contributed by atoms with van der Waals surface area (Å²) >= 11 is 0. The van der Waals surface area contributed by atoms with Gasteiger partial charge in [0.15, 0.2) is 0 Å². The molecule has 0 fully saturated rings. The minimum atomic E-state index is -0.417. The molecule has 0 aromatic rings. The normalized spacial score (nSPS) is 10.6. The predicted octanol–water partition coefficient (Wildman–Crippen LogP) is 0.259. The van der Waals surface area contributed by atoms with Crippen LogP contribution in [0.15, 0.2) is 0 Å². The minimum absolute atomic E-state index is 0.0851. The molecule has 0 saturated heterocycles. The van der Waals surface area contributed by atoms with Crippen LogP contribution in [0.4, 0.5) is 0 Å². The van der Waals surface area contributed by atoms with Gasteiger partial charge in [0.2, 0.25) is 0 Å². The second-order valence-corrected chi connectivity index (χ2v) is 2.35. The SMILES string of the molecule is CC(C)OC(=O)CN(C)O. The van der Waals surface area contributed by atoms with Crippen molar-refractivity contribution < 1.29 is 14.7 Å². The van der Waals surface area contributed by atoms with E-state index in [0.29, 0.717) is 0 Å². The molecule has 0 spiro atoms. The standard InChI is InChI=1S/C6H13NO3/c1-5(2)10-6(8)4-7(3)9/h5,9H,4H2,1-3H3. The molecule has 1 N–H and O–H groups in total. The number of hydroxylamine groups is 2. The van der Waals surface area contributed by atoms with Gasteiger partial charge in [0.1, 0.15) is 6.54 Å². The summed E-state index contributed by atoms with van der Waals surface area (Å²) in [5.41, 5.74) is 0. The summed E-state index contributed by atoms with van der Waals surface area (Å²) < 4.78 is 4.72. The second kappa shape index (κ2) is 4.24. The van der Waals surface area contributed by atoms with Gasteiger partial charge in [-0.25, -0.2) is 0 Å². The number of nitrogens with zero attached hydrogens (tertiary/aromatic N) is 1. The Bertz CT molecular complexity index is 99.6. The first-order chi connectivity index (χ1) is 4.52. The zero-order chi connectivity index (χ0) is 8.15. The van der Waals surface area contributed by atoms with Gasteiger partial charge in [0.05, 0.1) is 6.10 Å². The van der Waals surface area contributed by atoms with Crippen molar-refractivity contribution in [3.63, 3.8) is 0 Å². The van der Waals surface area contributed by atoms with Gasteiger partial charge in [-0.05, 0) is 13.8 Å². The summed E-state index contributed by atoms with van der Waals surface area (Å²) in [5.74, 6) is -0.417. The van der Waals surface area contributed by atoms with E-state index in [2.05, 4.69) is 0 Å². The number of hydrogen-bond acceptors (Lipinski definition) is 4. The van der Waals surface area contributed by atoms with Gasteiger partial charge >= 0.3 is 5.97 Å². The fourth-order valence-electron chi connectivity index (χ4n) is 0.487. The fourth-order valence-corrected chi connectivity index (χ4v) is 0.487. The Morgan fingerprint density at radius 2 is 2.20 bits per heavy atom. The third-order valence-electron chi connectivity index (χ3n) is 0.725. The van der Waals surface area contributed by atoms with Gasteiger partial charge in [0.25, 0.3) is 0 Å². The van der Waals surface area contributed by atoms with Crippen LogP contribution in [-0.4, -0.2) is 35.9 Å². The maximum Gasteiger partial charge on any atom is 0.322 e. The maximum absolute atomic E-state index is 10.6. The van der Waals surface area contributed by atoms with Crippen molar-refractivity contribution in [1.29, 1.82) is 0 Å². The lowest BCUT2D eigenvalue weighted by Gasteiger charge is -2.10. The van der Waals surface area contributed by atoms with Crippen molar-refractivity contribution in [2.45, 2.75) is 20.0 Å². The lowest BCUT2D eigenvalue weighted by molar-refractivity contribution is -0.158. The number of likely N-dealkylation sites (N-methyl/N-ethyl adjacent to an activating group) is 1. The molecule has 0 radical (unpaired) electrons. The van der Waals surface area contributed by atoms with Crippen LogP contribution in [0.2, 0.25) is 0 Å². The highest BCUT2D eigenvalue weighted by atomic mass is 16.6. The molecule has 0 aromatic heterocycles. The van der Waals surface area contributed by atoms with E-state index in [1.807, 2.05) is 0 Å². The van der Waals surface area contributed by atoms with Crippen LogP contribution in [0.3, 0.4) is 0 Å². The lowest BCUT2D eigenvalue weighted by Crippen LogP contribution is -2.26. The Morgan fingerprint density at radius 3 is 2.50 bits per heavy atom. The summed E-state index contributed by atoms with van der Waals surface area (Å²) in [5, 5.41) is 9.35. The molecule has 0 unspecified atom stereocenters. The molecule has 10 heavy (non-hydrogen) atoms. The molecule has 0 aromatic carbocycles. The molecule has 0 bridgehead atoms. The molecular formula is C6H13NO3. The Hall–Kier alpha value is -0.610. The van der Waals surface area contributed by atoms with Crippen molar-refractivity contribution in [1.82, 2.24) is 5.06 Å². The van der Waals surface area contributed by atoms with E-state index in [1.165, 1.54) is 7.05 Å². The molecule has 60 valence electrons. The van der Waals surface area contributed by atoms with Crippen LogP contribution < -0.4 is 0 Å². The summed E-state index contributed by atoms with van der Waals surface area (Å²) in [6, 6.07) is 0. The molecule has 0 amide bonds. The average molecular weight is 147 g/mol. The molecule has 0 aliphatic heterocycles. The topological polar surface area (TPSA) is 49.8 Å². The van der Waals surface area contributed by atoms with Gasteiger partial charge in [-0.15, -0.1) is 0 Å². The highest BCUT2D eigenvalue weighted by Crippen LogP contribution is 1.89. The Balaban J connectivity index is 3.44. The maximum atomic E-state index is 10.6. The van der Waals surface area contributed by atoms with Crippen molar-refractivity contribution in [2.75, 3.05) is 13.6 Å². The summed E-state index contributed by atoms with van der Waals surface area (Å²) in [6.07, 6.45) is -0.118. The molecule has 0 aliphatic rings. The number of carbonyl (C=O) groups excluding carboxylic acids is 1. The summed E-state index contributed by atoms with van der Waals surface area (Å²) in [4.78, 5) is 10.6. The molecule has 0 saturated carbocycles. The molecule has 0 aliphatic carbocycles.